The van der Waals surface area contributed by atoms with Crippen molar-refractivity contribution >= 4 is 5.96 Å². The van der Waals surface area contributed by atoms with Gasteiger partial charge in [-0.3, -0.25) is 0 Å². The summed E-state index contributed by atoms with van der Waals surface area (Å²) in [6, 6.07) is 16.5. The summed E-state index contributed by atoms with van der Waals surface area (Å²) < 4.78 is 7.46. The second-order valence-corrected chi connectivity index (χ2v) is 7.22. The third-order valence-electron chi connectivity index (χ3n) is 4.98. The average Bonchev–Trinajstić information content (AvgIpc) is 3.08. The Balaban J connectivity index is 1.65. The van der Waals surface area contributed by atoms with Gasteiger partial charge in [-0.2, -0.15) is 0 Å². The number of hydrogen-bond acceptors (Lipinski definition) is 4. The van der Waals surface area contributed by atoms with Crippen LogP contribution in [0.3, 0.4) is 0 Å². The molecule has 2 aromatic carbocycles. The topological polar surface area (TPSA) is 76.4 Å². The van der Waals surface area contributed by atoms with E-state index in [0.717, 1.165) is 41.9 Å². The van der Waals surface area contributed by atoms with Crippen LogP contribution in [0.25, 0.3) is 0 Å². The fourth-order valence-corrected chi connectivity index (χ4v) is 3.11. The van der Waals surface area contributed by atoms with Gasteiger partial charge in [0.25, 0.3) is 0 Å². The van der Waals surface area contributed by atoms with Crippen molar-refractivity contribution in [1.29, 1.82) is 0 Å². The van der Waals surface area contributed by atoms with Crippen molar-refractivity contribution in [2.45, 2.75) is 33.4 Å². The Kier molecular flexibility index (Phi) is 7.43. The predicted molar refractivity (Wildman–Crippen MR) is 120 cm³/mol. The lowest BCUT2D eigenvalue weighted by molar-refractivity contribution is 0.409. The first-order chi connectivity index (χ1) is 14.6. The third-order valence-corrected chi connectivity index (χ3v) is 4.98. The maximum Gasteiger partial charge on any atom is 0.191 e. The van der Waals surface area contributed by atoms with Crippen molar-refractivity contribution in [3.8, 4) is 5.75 Å². The number of methoxy groups -OCH3 is 1. The fourth-order valence-electron chi connectivity index (χ4n) is 3.11. The average molecular weight is 407 g/mol. The second kappa shape index (κ2) is 10.4. The number of nitrogens with one attached hydrogen (secondary N) is 2. The van der Waals surface area contributed by atoms with Gasteiger partial charge in [-0.1, -0.05) is 48.0 Å². The van der Waals surface area contributed by atoms with Crippen molar-refractivity contribution in [2.75, 3.05) is 13.7 Å². The molecule has 7 nitrogen and oxygen atoms in total. The lowest BCUT2D eigenvalue weighted by Gasteiger charge is -2.14. The fraction of sp³-hybridized carbons (Fsp3) is 0.348. The molecule has 1 aromatic heterocycles. The first kappa shape index (κ1) is 21.4. The molecule has 0 saturated carbocycles. The molecule has 0 bridgehead atoms. The summed E-state index contributed by atoms with van der Waals surface area (Å²) in [5, 5.41) is 15.1. The Bertz CT molecular complexity index is 981. The molecule has 158 valence electrons. The highest BCUT2D eigenvalue weighted by atomic mass is 16.5. The van der Waals surface area contributed by atoms with E-state index in [0.29, 0.717) is 13.1 Å². The molecule has 1 heterocycles. The van der Waals surface area contributed by atoms with Crippen molar-refractivity contribution in [2.24, 2.45) is 12.0 Å². The molecular weight excluding hydrogens is 376 g/mol. The van der Waals surface area contributed by atoms with Gasteiger partial charge in [-0.15, -0.1) is 10.2 Å². The predicted octanol–water partition coefficient (Wildman–Crippen LogP) is 2.92. The van der Waals surface area contributed by atoms with Gasteiger partial charge in [0.15, 0.2) is 11.8 Å². The standard InChI is InChI=1S/C23H30N6O/c1-17-10-11-21(30-4)20(14-17)12-13-24-23(25-15-19-8-6-5-7-9-19)26-16-22-28-27-18(2)29(22)3/h5-11,14H,12-13,15-16H2,1-4H3,(H2,24,25,26). The molecule has 7 heteroatoms. The second-order valence-electron chi connectivity index (χ2n) is 7.22. The van der Waals surface area contributed by atoms with Crippen LogP contribution in [-0.2, 0) is 26.6 Å². The maximum atomic E-state index is 5.49. The Morgan fingerprint density at radius 2 is 1.87 bits per heavy atom. The Hall–Kier alpha value is -3.35. The van der Waals surface area contributed by atoms with Gasteiger partial charge in [0.1, 0.15) is 11.6 Å². The zero-order valence-electron chi connectivity index (χ0n) is 18.1. The summed E-state index contributed by atoms with van der Waals surface area (Å²) in [7, 11) is 3.67. The molecule has 0 unspecified atom stereocenters. The molecule has 30 heavy (non-hydrogen) atoms. The minimum atomic E-state index is 0.547. The minimum absolute atomic E-state index is 0.547. The highest BCUT2D eigenvalue weighted by Gasteiger charge is 2.08. The van der Waals surface area contributed by atoms with Crippen LogP contribution in [0.5, 0.6) is 5.75 Å². The van der Waals surface area contributed by atoms with Crippen molar-refractivity contribution < 1.29 is 4.74 Å². The van der Waals surface area contributed by atoms with Crippen LogP contribution >= 0.6 is 0 Å². The van der Waals surface area contributed by atoms with E-state index in [4.69, 9.17) is 9.73 Å². The number of aromatic nitrogens is 3. The van der Waals surface area contributed by atoms with E-state index in [-0.39, 0.29) is 0 Å². The molecule has 0 amide bonds. The van der Waals surface area contributed by atoms with E-state index >= 15 is 0 Å². The summed E-state index contributed by atoms with van der Waals surface area (Å²) in [6.07, 6.45) is 0.833. The van der Waals surface area contributed by atoms with Gasteiger partial charge in [-0.25, -0.2) is 4.99 Å². The van der Waals surface area contributed by atoms with E-state index in [2.05, 4.69) is 52.0 Å². The molecule has 0 atom stereocenters. The van der Waals surface area contributed by atoms with E-state index in [9.17, 15) is 0 Å². The van der Waals surface area contributed by atoms with Gasteiger partial charge >= 0.3 is 0 Å². The minimum Gasteiger partial charge on any atom is -0.496 e. The molecule has 0 aliphatic heterocycles. The molecule has 0 spiro atoms. The highest BCUT2D eigenvalue weighted by Crippen LogP contribution is 2.19. The van der Waals surface area contributed by atoms with Crippen LogP contribution in [0.15, 0.2) is 53.5 Å². The van der Waals surface area contributed by atoms with Crippen LogP contribution < -0.4 is 15.4 Å². The summed E-state index contributed by atoms with van der Waals surface area (Å²) in [6.45, 7) is 5.91. The van der Waals surface area contributed by atoms with Gasteiger partial charge < -0.3 is 19.9 Å². The number of aryl methyl sites for hydroxylation is 2. The van der Waals surface area contributed by atoms with E-state index < -0.39 is 0 Å². The van der Waals surface area contributed by atoms with Crippen molar-refractivity contribution in [3.63, 3.8) is 0 Å². The molecule has 0 aliphatic carbocycles. The van der Waals surface area contributed by atoms with Gasteiger partial charge in [-0.05, 0) is 37.5 Å². The Morgan fingerprint density at radius 1 is 1.07 bits per heavy atom. The zero-order valence-corrected chi connectivity index (χ0v) is 18.1. The lowest BCUT2D eigenvalue weighted by atomic mass is 10.1. The number of nitrogens with zero attached hydrogens (tertiary/aromatic N) is 4. The highest BCUT2D eigenvalue weighted by molar-refractivity contribution is 5.79. The van der Waals surface area contributed by atoms with Gasteiger partial charge in [0, 0.05) is 13.6 Å². The van der Waals surface area contributed by atoms with Crippen LogP contribution in [0, 0.1) is 13.8 Å². The van der Waals surface area contributed by atoms with Gasteiger partial charge in [0.05, 0.1) is 20.2 Å². The monoisotopic (exact) mass is 406 g/mol. The van der Waals surface area contributed by atoms with Crippen LogP contribution in [0.4, 0.5) is 0 Å². The smallest absolute Gasteiger partial charge is 0.191 e. The normalized spacial score (nSPS) is 11.4. The zero-order chi connectivity index (χ0) is 21.3. The largest absolute Gasteiger partial charge is 0.496 e. The summed E-state index contributed by atoms with van der Waals surface area (Å²) in [4.78, 5) is 4.74. The SMILES string of the molecule is COc1ccc(C)cc1CCNC(=NCc1ccccc1)NCc1nnc(C)n1C. The first-order valence-corrected chi connectivity index (χ1v) is 10.1. The van der Waals surface area contributed by atoms with Crippen LogP contribution in [0.1, 0.15) is 28.3 Å². The molecule has 0 radical (unpaired) electrons. The van der Waals surface area contributed by atoms with E-state index in [1.807, 2.05) is 42.8 Å². The van der Waals surface area contributed by atoms with Crippen LogP contribution in [-0.4, -0.2) is 34.4 Å². The summed E-state index contributed by atoms with van der Waals surface area (Å²) in [5.74, 6) is 3.40. The third kappa shape index (κ3) is 5.83. The maximum absolute atomic E-state index is 5.49. The molecule has 3 aromatic rings. The summed E-state index contributed by atoms with van der Waals surface area (Å²) in [5.41, 5.74) is 3.56. The molecule has 3 rings (SSSR count). The summed E-state index contributed by atoms with van der Waals surface area (Å²) >= 11 is 0. The van der Waals surface area contributed by atoms with E-state index in [1.54, 1.807) is 7.11 Å². The number of ether oxygens (including phenoxy) is 1. The van der Waals surface area contributed by atoms with Gasteiger partial charge in [0.2, 0.25) is 0 Å². The number of hydrogen-bond donors (Lipinski definition) is 2. The molecule has 2 N–H and O–H groups in total. The lowest BCUT2D eigenvalue weighted by Crippen LogP contribution is -2.38. The Morgan fingerprint density at radius 3 is 2.57 bits per heavy atom. The first-order valence-electron chi connectivity index (χ1n) is 10.1. The molecule has 0 fully saturated rings. The van der Waals surface area contributed by atoms with Crippen molar-refractivity contribution in [3.05, 3.63) is 76.9 Å². The quantitative estimate of drug-likeness (QED) is 0.444. The van der Waals surface area contributed by atoms with Crippen LogP contribution in [0.2, 0.25) is 0 Å². The number of benzene rings is 2. The molecule has 0 aliphatic rings. The Labute approximate surface area is 178 Å². The number of guanidine groups is 1. The number of aliphatic imine (C=N–C) groups is 1. The van der Waals surface area contributed by atoms with Crippen molar-refractivity contribution in [1.82, 2.24) is 25.4 Å². The molecular formula is C23H30N6O. The van der Waals surface area contributed by atoms with E-state index in [1.165, 1.54) is 11.1 Å². The molecule has 0 saturated heterocycles. The number of rotatable bonds is 8.